The van der Waals surface area contributed by atoms with Crippen LogP contribution in [0.15, 0.2) is 42.5 Å². The fourth-order valence-electron chi connectivity index (χ4n) is 2.45. The lowest BCUT2D eigenvalue weighted by atomic mass is 10.0. The molecule has 0 atom stereocenters. The second-order valence-corrected chi connectivity index (χ2v) is 6.05. The molecule has 0 heterocycles. The first kappa shape index (κ1) is 16.9. The van der Waals surface area contributed by atoms with Gasteiger partial charge in [-0.3, -0.25) is 0 Å². The second kappa shape index (κ2) is 8.85. The minimum Gasteiger partial charge on any atom is -0.492 e. The number of halogens is 1. The Balaban J connectivity index is 2.06. The van der Waals surface area contributed by atoms with E-state index in [1.165, 1.54) is 36.8 Å². The van der Waals surface area contributed by atoms with Crippen LogP contribution in [-0.2, 0) is 6.42 Å². The Labute approximate surface area is 139 Å². The Morgan fingerprint density at radius 1 is 0.864 bits per heavy atom. The molecule has 2 rings (SSSR count). The summed E-state index contributed by atoms with van der Waals surface area (Å²) in [5.41, 5.74) is 3.74. The highest BCUT2D eigenvalue weighted by atomic mass is 35.5. The first-order valence-corrected chi connectivity index (χ1v) is 8.64. The Morgan fingerprint density at radius 2 is 1.59 bits per heavy atom. The molecule has 2 heteroatoms. The number of benzene rings is 2. The van der Waals surface area contributed by atoms with E-state index in [2.05, 4.69) is 44.2 Å². The van der Waals surface area contributed by atoms with Crippen molar-refractivity contribution in [2.45, 2.75) is 46.0 Å². The van der Waals surface area contributed by atoms with Gasteiger partial charge in [0.05, 0.1) is 11.6 Å². The molecule has 0 unspecified atom stereocenters. The van der Waals surface area contributed by atoms with Gasteiger partial charge < -0.3 is 4.74 Å². The molecule has 0 spiro atoms. The zero-order valence-corrected chi connectivity index (χ0v) is 14.3. The summed E-state index contributed by atoms with van der Waals surface area (Å²) in [6, 6.07) is 14.8. The number of hydrogen-bond acceptors (Lipinski definition) is 1. The molecule has 0 fully saturated rings. The Kier molecular flexibility index (Phi) is 6.79. The third kappa shape index (κ3) is 4.78. The SMILES string of the molecule is CCCCCc1ccc(-c2ccc(OCCC)c(Cl)c2)cc1. The maximum atomic E-state index is 6.31. The lowest BCUT2D eigenvalue weighted by Gasteiger charge is -2.09. The highest BCUT2D eigenvalue weighted by Gasteiger charge is 2.05. The molecule has 0 N–H and O–H groups in total. The Bertz CT molecular complexity index is 575. The minimum absolute atomic E-state index is 0.679. The molecule has 0 aromatic heterocycles. The van der Waals surface area contributed by atoms with Crippen LogP contribution in [0.4, 0.5) is 0 Å². The van der Waals surface area contributed by atoms with Crippen LogP contribution < -0.4 is 4.74 Å². The fraction of sp³-hybridized carbons (Fsp3) is 0.400. The van der Waals surface area contributed by atoms with Crippen molar-refractivity contribution in [3.05, 3.63) is 53.1 Å². The maximum Gasteiger partial charge on any atom is 0.137 e. The molecule has 2 aromatic rings. The van der Waals surface area contributed by atoms with E-state index in [0.717, 1.165) is 17.7 Å². The van der Waals surface area contributed by atoms with Crippen LogP contribution in [0, 0.1) is 0 Å². The minimum atomic E-state index is 0.679. The average Bonchev–Trinajstić information content (AvgIpc) is 2.54. The van der Waals surface area contributed by atoms with E-state index in [-0.39, 0.29) is 0 Å². The second-order valence-electron chi connectivity index (χ2n) is 5.65. The first-order valence-electron chi connectivity index (χ1n) is 8.26. The molecule has 1 nitrogen and oxygen atoms in total. The van der Waals surface area contributed by atoms with Crippen molar-refractivity contribution in [1.29, 1.82) is 0 Å². The third-order valence-corrected chi connectivity index (χ3v) is 4.05. The van der Waals surface area contributed by atoms with Crippen molar-refractivity contribution in [3.63, 3.8) is 0 Å². The van der Waals surface area contributed by atoms with E-state index in [4.69, 9.17) is 16.3 Å². The van der Waals surface area contributed by atoms with Crippen LogP contribution >= 0.6 is 11.6 Å². The van der Waals surface area contributed by atoms with Crippen molar-refractivity contribution in [2.75, 3.05) is 6.61 Å². The zero-order valence-electron chi connectivity index (χ0n) is 13.6. The van der Waals surface area contributed by atoms with Gasteiger partial charge in [-0.05, 0) is 48.1 Å². The quantitative estimate of drug-likeness (QED) is 0.503. The summed E-state index contributed by atoms with van der Waals surface area (Å²) in [7, 11) is 0. The summed E-state index contributed by atoms with van der Waals surface area (Å²) in [6.45, 7) is 5.02. The van der Waals surface area contributed by atoms with Crippen molar-refractivity contribution in [2.24, 2.45) is 0 Å². The lowest BCUT2D eigenvalue weighted by Crippen LogP contribution is -1.95. The van der Waals surface area contributed by atoms with Crippen molar-refractivity contribution in [1.82, 2.24) is 0 Å². The third-order valence-electron chi connectivity index (χ3n) is 3.75. The van der Waals surface area contributed by atoms with E-state index >= 15 is 0 Å². The average molecular weight is 317 g/mol. The molecular formula is C20H25ClO. The predicted molar refractivity (Wildman–Crippen MR) is 95.9 cm³/mol. The number of rotatable bonds is 8. The van der Waals surface area contributed by atoms with Crippen molar-refractivity contribution >= 4 is 11.6 Å². The van der Waals surface area contributed by atoms with Crippen LogP contribution in [0.3, 0.4) is 0 Å². The molecule has 22 heavy (non-hydrogen) atoms. The fourth-order valence-corrected chi connectivity index (χ4v) is 2.69. The van der Waals surface area contributed by atoms with Gasteiger partial charge in [0, 0.05) is 0 Å². The highest BCUT2D eigenvalue weighted by Crippen LogP contribution is 2.30. The monoisotopic (exact) mass is 316 g/mol. The molecule has 118 valence electrons. The summed E-state index contributed by atoms with van der Waals surface area (Å²) in [4.78, 5) is 0. The number of ether oxygens (including phenoxy) is 1. The number of aryl methyl sites for hydroxylation is 1. The number of hydrogen-bond donors (Lipinski definition) is 0. The standard InChI is InChI=1S/C20H25ClO/c1-3-5-6-7-16-8-10-17(11-9-16)18-12-13-20(19(21)15-18)22-14-4-2/h8-13,15H,3-7,14H2,1-2H3. The summed E-state index contributed by atoms with van der Waals surface area (Å²) in [5.74, 6) is 0.767. The van der Waals surface area contributed by atoms with E-state index in [9.17, 15) is 0 Å². The first-order chi connectivity index (χ1) is 10.7. The normalized spacial score (nSPS) is 10.7. The predicted octanol–water partition coefficient (Wildman–Crippen LogP) is 6.53. The summed E-state index contributed by atoms with van der Waals surface area (Å²) < 4.78 is 5.62. The molecule has 0 aliphatic rings. The Morgan fingerprint density at radius 3 is 2.23 bits per heavy atom. The van der Waals surface area contributed by atoms with Gasteiger partial charge in [-0.2, -0.15) is 0 Å². The van der Waals surface area contributed by atoms with Crippen LogP contribution in [-0.4, -0.2) is 6.61 Å². The maximum absolute atomic E-state index is 6.31. The molecule has 0 saturated heterocycles. The van der Waals surface area contributed by atoms with E-state index in [1.54, 1.807) is 0 Å². The molecule has 0 aliphatic carbocycles. The lowest BCUT2D eigenvalue weighted by molar-refractivity contribution is 0.317. The van der Waals surface area contributed by atoms with Crippen molar-refractivity contribution in [3.8, 4) is 16.9 Å². The molecule has 0 bridgehead atoms. The molecular weight excluding hydrogens is 292 g/mol. The molecule has 0 aliphatic heterocycles. The molecule has 2 aromatic carbocycles. The molecule has 0 amide bonds. The number of unbranched alkanes of at least 4 members (excludes halogenated alkanes) is 2. The summed E-state index contributed by atoms with van der Waals surface area (Å²) in [6.07, 6.45) is 5.99. The van der Waals surface area contributed by atoms with Crippen LogP contribution in [0.1, 0.15) is 45.1 Å². The topological polar surface area (TPSA) is 9.23 Å². The van der Waals surface area contributed by atoms with Gasteiger partial charge in [-0.25, -0.2) is 0 Å². The van der Waals surface area contributed by atoms with Gasteiger partial charge in [0.15, 0.2) is 0 Å². The van der Waals surface area contributed by atoms with Gasteiger partial charge >= 0.3 is 0 Å². The van der Waals surface area contributed by atoms with Crippen LogP contribution in [0.5, 0.6) is 5.75 Å². The van der Waals surface area contributed by atoms with Crippen molar-refractivity contribution < 1.29 is 4.74 Å². The highest BCUT2D eigenvalue weighted by molar-refractivity contribution is 6.32. The molecule has 0 radical (unpaired) electrons. The zero-order chi connectivity index (χ0) is 15.8. The van der Waals surface area contributed by atoms with Gasteiger partial charge in [0.1, 0.15) is 5.75 Å². The largest absolute Gasteiger partial charge is 0.492 e. The smallest absolute Gasteiger partial charge is 0.137 e. The van der Waals surface area contributed by atoms with E-state index < -0.39 is 0 Å². The van der Waals surface area contributed by atoms with Gasteiger partial charge in [-0.15, -0.1) is 0 Å². The summed E-state index contributed by atoms with van der Waals surface area (Å²) in [5, 5.41) is 0.679. The van der Waals surface area contributed by atoms with Gasteiger partial charge in [-0.1, -0.05) is 68.6 Å². The Hall–Kier alpha value is -1.47. The van der Waals surface area contributed by atoms with Crippen LogP contribution in [0.2, 0.25) is 5.02 Å². The van der Waals surface area contributed by atoms with Crippen LogP contribution in [0.25, 0.3) is 11.1 Å². The van der Waals surface area contributed by atoms with Gasteiger partial charge in [0.2, 0.25) is 0 Å². The summed E-state index contributed by atoms with van der Waals surface area (Å²) >= 11 is 6.31. The molecule has 0 saturated carbocycles. The van der Waals surface area contributed by atoms with E-state index in [0.29, 0.717) is 11.6 Å². The van der Waals surface area contributed by atoms with Gasteiger partial charge in [0.25, 0.3) is 0 Å². The van der Waals surface area contributed by atoms with E-state index in [1.807, 2.05) is 12.1 Å².